The van der Waals surface area contributed by atoms with Gasteiger partial charge >= 0.3 is 0 Å². The molecule has 0 N–H and O–H groups in total. The number of aryl methyl sites for hydroxylation is 1. The number of rotatable bonds is 5. The molecule has 2 saturated heterocycles. The third kappa shape index (κ3) is 3.28. The molecule has 0 aromatic carbocycles. The Morgan fingerprint density at radius 1 is 1.38 bits per heavy atom. The van der Waals surface area contributed by atoms with E-state index in [-0.39, 0.29) is 0 Å². The molecule has 2 aromatic rings. The number of likely N-dealkylation sites (tertiary alicyclic amines) is 2. The lowest BCUT2D eigenvalue weighted by atomic mass is 9.89. The van der Waals surface area contributed by atoms with Crippen molar-refractivity contribution in [2.75, 3.05) is 26.7 Å². The Morgan fingerprint density at radius 2 is 2.29 bits per heavy atom. The van der Waals surface area contributed by atoms with Gasteiger partial charge in [-0.3, -0.25) is 9.80 Å². The molecule has 2 fully saturated rings. The summed E-state index contributed by atoms with van der Waals surface area (Å²) < 4.78 is 11.3. The van der Waals surface area contributed by atoms with Crippen molar-refractivity contribution in [1.82, 2.24) is 14.8 Å². The van der Waals surface area contributed by atoms with Crippen LogP contribution >= 0.6 is 11.3 Å². The van der Waals surface area contributed by atoms with E-state index < -0.39 is 0 Å². The molecule has 0 amide bonds. The Bertz CT molecular complexity index is 657. The number of hydrogen-bond acceptors (Lipinski definition) is 6. The van der Waals surface area contributed by atoms with Gasteiger partial charge < -0.3 is 9.15 Å². The average Bonchev–Trinajstić information content (AvgIpc) is 3.30. The first-order chi connectivity index (χ1) is 11.7. The number of hydrogen-bond donors (Lipinski definition) is 0. The van der Waals surface area contributed by atoms with Crippen molar-refractivity contribution in [3.05, 3.63) is 40.2 Å². The van der Waals surface area contributed by atoms with Crippen LogP contribution in [0, 0.1) is 12.8 Å². The first-order valence-corrected chi connectivity index (χ1v) is 9.53. The summed E-state index contributed by atoms with van der Waals surface area (Å²) in [5, 5.41) is 3.37. The van der Waals surface area contributed by atoms with Crippen molar-refractivity contribution in [2.24, 2.45) is 5.92 Å². The van der Waals surface area contributed by atoms with Crippen LogP contribution in [0.25, 0.3) is 0 Å². The van der Waals surface area contributed by atoms with Crippen LogP contribution < -0.4 is 0 Å². The minimum absolute atomic E-state index is 0.367. The number of furan rings is 1. The van der Waals surface area contributed by atoms with E-state index >= 15 is 0 Å². The molecule has 130 valence electrons. The van der Waals surface area contributed by atoms with E-state index in [0.29, 0.717) is 18.1 Å². The topological polar surface area (TPSA) is 41.7 Å². The number of ether oxygens (including phenoxy) is 1. The van der Waals surface area contributed by atoms with E-state index in [2.05, 4.69) is 33.2 Å². The molecule has 0 aliphatic carbocycles. The van der Waals surface area contributed by atoms with Gasteiger partial charge in [-0.1, -0.05) is 0 Å². The van der Waals surface area contributed by atoms with Crippen molar-refractivity contribution in [3.8, 4) is 0 Å². The predicted molar refractivity (Wildman–Crippen MR) is 93.9 cm³/mol. The van der Waals surface area contributed by atoms with Crippen LogP contribution in [-0.2, 0) is 17.8 Å². The molecule has 2 aromatic heterocycles. The zero-order valence-electron chi connectivity index (χ0n) is 14.4. The molecule has 24 heavy (non-hydrogen) atoms. The van der Waals surface area contributed by atoms with Crippen molar-refractivity contribution in [3.63, 3.8) is 0 Å². The molecule has 0 saturated carbocycles. The maximum atomic E-state index is 5.80. The highest BCUT2D eigenvalue weighted by molar-refractivity contribution is 7.09. The Balaban J connectivity index is 1.47. The summed E-state index contributed by atoms with van der Waals surface area (Å²) in [4.78, 5) is 9.77. The van der Waals surface area contributed by atoms with Gasteiger partial charge in [0.15, 0.2) is 0 Å². The van der Waals surface area contributed by atoms with Crippen molar-refractivity contribution >= 4 is 11.3 Å². The molecule has 6 heteroatoms. The van der Waals surface area contributed by atoms with Crippen LogP contribution in [0.3, 0.4) is 0 Å². The van der Waals surface area contributed by atoms with Gasteiger partial charge in [-0.25, -0.2) is 4.98 Å². The molecule has 0 radical (unpaired) electrons. The summed E-state index contributed by atoms with van der Waals surface area (Å²) in [7, 11) is 1.86. The molecule has 0 spiro atoms. The smallest absolute Gasteiger partial charge is 0.117 e. The first kappa shape index (κ1) is 16.3. The van der Waals surface area contributed by atoms with Crippen molar-refractivity contribution < 1.29 is 9.15 Å². The lowest BCUT2D eigenvalue weighted by Gasteiger charge is -2.40. The van der Waals surface area contributed by atoms with Gasteiger partial charge in [-0.2, -0.15) is 0 Å². The normalized spacial score (nSPS) is 28.3. The Morgan fingerprint density at radius 3 is 3.00 bits per heavy atom. The number of methoxy groups -OCH3 is 1. The molecule has 2 aliphatic rings. The van der Waals surface area contributed by atoms with Gasteiger partial charge in [-0.05, 0) is 25.5 Å². The molecule has 3 atom stereocenters. The minimum atomic E-state index is 0.367. The second-order valence-electron chi connectivity index (χ2n) is 6.92. The maximum absolute atomic E-state index is 5.80. The predicted octanol–water partition coefficient (Wildman–Crippen LogP) is 2.77. The van der Waals surface area contributed by atoms with E-state index in [0.717, 1.165) is 50.6 Å². The maximum Gasteiger partial charge on any atom is 0.117 e. The second kappa shape index (κ2) is 6.96. The molecule has 4 rings (SSSR count). The molecular formula is C18H25N3O2S. The zero-order valence-corrected chi connectivity index (χ0v) is 15.2. The number of nitrogens with zero attached hydrogens (tertiary/aromatic N) is 3. The summed E-state index contributed by atoms with van der Waals surface area (Å²) in [6, 6.07) is 4.57. The highest BCUT2D eigenvalue weighted by Crippen LogP contribution is 2.34. The van der Waals surface area contributed by atoms with Crippen LogP contribution in [0.15, 0.2) is 28.2 Å². The molecule has 0 bridgehead atoms. The highest BCUT2D eigenvalue weighted by atomic mass is 32.1. The fraction of sp³-hybridized carbons (Fsp3) is 0.611. The summed E-state index contributed by atoms with van der Waals surface area (Å²) in [5.74, 6) is 1.62. The fourth-order valence-corrected chi connectivity index (χ4v) is 5.01. The Labute approximate surface area is 147 Å². The second-order valence-corrected chi connectivity index (χ2v) is 7.86. The molecular weight excluding hydrogens is 322 g/mol. The molecule has 2 aliphatic heterocycles. The number of fused-ring (bicyclic) bond motifs is 1. The number of thiazole rings is 1. The lowest BCUT2D eigenvalue weighted by Crippen LogP contribution is -2.50. The van der Waals surface area contributed by atoms with E-state index in [9.17, 15) is 0 Å². The van der Waals surface area contributed by atoms with Gasteiger partial charge in [0.05, 0.1) is 25.5 Å². The summed E-state index contributed by atoms with van der Waals surface area (Å²) in [6.45, 7) is 7.17. The quantitative estimate of drug-likeness (QED) is 0.832. The van der Waals surface area contributed by atoms with E-state index in [1.807, 2.05) is 13.2 Å². The Hall–Kier alpha value is -1.21. The van der Waals surface area contributed by atoms with Crippen molar-refractivity contribution in [2.45, 2.75) is 38.6 Å². The first-order valence-electron chi connectivity index (χ1n) is 8.65. The van der Waals surface area contributed by atoms with Crippen LogP contribution in [0.5, 0.6) is 0 Å². The van der Waals surface area contributed by atoms with Crippen molar-refractivity contribution in [1.29, 1.82) is 0 Å². The molecule has 0 unspecified atom stereocenters. The lowest BCUT2D eigenvalue weighted by molar-refractivity contribution is -0.0245. The number of piperidine rings is 1. The molecule has 5 nitrogen and oxygen atoms in total. The molecule has 4 heterocycles. The summed E-state index contributed by atoms with van der Waals surface area (Å²) >= 11 is 1.78. The summed E-state index contributed by atoms with van der Waals surface area (Å²) in [5.41, 5.74) is 1.13. The monoisotopic (exact) mass is 347 g/mol. The van der Waals surface area contributed by atoms with Crippen LogP contribution in [0.4, 0.5) is 0 Å². The highest BCUT2D eigenvalue weighted by Gasteiger charge is 2.44. The zero-order chi connectivity index (χ0) is 16.5. The largest absolute Gasteiger partial charge is 0.468 e. The Kier molecular flexibility index (Phi) is 4.72. The van der Waals surface area contributed by atoms with Gasteiger partial charge in [-0.15, -0.1) is 11.3 Å². The fourth-order valence-electron chi connectivity index (χ4n) is 4.21. The van der Waals surface area contributed by atoms with Gasteiger partial charge in [0.2, 0.25) is 0 Å². The van der Waals surface area contributed by atoms with Gasteiger partial charge in [0.25, 0.3) is 0 Å². The van der Waals surface area contributed by atoms with Gasteiger partial charge in [0, 0.05) is 49.8 Å². The van der Waals surface area contributed by atoms with E-state index in [4.69, 9.17) is 9.15 Å². The third-order valence-electron chi connectivity index (χ3n) is 5.32. The van der Waals surface area contributed by atoms with Gasteiger partial charge in [0.1, 0.15) is 10.8 Å². The van der Waals surface area contributed by atoms with E-state index in [1.165, 1.54) is 5.01 Å². The SMILES string of the molecule is CO[C@@H]1CCN(Cc2nc(C)cs2)[C@@H]2CN(Cc3ccco3)C[C@@H]21. The van der Waals surface area contributed by atoms with Crippen LogP contribution in [-0.4, -0.2) is 53.7 Å². The number of aromatic nitrogens is 1. The minimum Gasteiger partial charge on any atom is -0.468 e. The standard InChI is InChI=1S/C18H25N3O2S/c1-13-12-24-18(19-13)11-21-6-5-17(22-2)15-9-20(10-16(15)21)8-14-4-3-7-23-14/h3-4,7,12,15-17H,5-6,8-11H2,1-2H3/t15-,16+,17+/m0/s1. The average molecular weight is 347 g/mol. The van der Waals surface area contributed by atoms with Crippen LogP contribution in [0.2, 0.25) is 0 Å². The summed E-state index contributed by atoms with van der Waals surface area (Å²) in [6.07, 6.45) is 3.23. The van der Waals surface area contributed by atoms with E-state index in [1.54, 1.807) is 17.6 Å². The van der Waals surface area contributed by atoms with Crippen LogP contribution in [0.1, 0.15) is 22.9 Å². The third-order valence-corrected chi connectivity index (χ3v) is 6.27.